The third kappa shape index (κ3) is 4.56. The molecule has 0 radical (unpaired) electrons. The summed E-state index contributed by atoms with van der Waals surface area (Å²) < 4.78 is 53.0. The van der Waals surface area contributed by atoms with E-state index in [0.29, 0.717) is 17.3 Å². The summed E-state index contributed by atoms with van der Waals surface area (Å²) >= 11 is 0. The number of carbonyl (C=O) groups is 1. The lowest BCUT2D eigenvalue weighted by atomic mass is 9.98. The van der Waals surface area contributed by atoms with E-state index < -0.39 is 17.7 Å². The first-order chi connectivity index (χ1) is 17.8. The van der Waals surface area contributed by atoms with E-state index in [4.69, 9.17) is 14.4 Å². The van der Waals surface area contributed by atoms with Gasteiger partial charge in [0.1, 0.15) is 11.5 Å². The van der Waals surface area contributed by atoms with Crippen LogP contribution in [0.25, 0.3) is 11.3 Å². The molecule has 1 saturated carbocycles. The number of anilines is 1. The number of hydrogen-bond donors (Lipinski definition) is 1. The van der Waals surface area contributed by atoms with Gasteiger partial charge >= 0.3 is 12.1 Å². The van der Waals surface area contributed by atoms with Crippen LogP contribution < -0.4 is 4.90 Å². The van der Waals surface area contributed by atoms with E-state index in [1.165, 1.54) is 24.5 Å². The molecule has 2 aliphatic heterocycles. The van der Waals surface area contributed by atoms with Crippen LogP contribution in [-0.4, -0.2) is 44.4 Å². The molecule has 2 bridgehead atoms. The second-order valence-corrected chi connectivity index (χ2v) is 9.97. The van der Waals surface area contributed by atoms with Gasteiger partial charge in [0.25, 0.3) is 0 Å². The largest absolute Gasteiger partial charge is 0.478 e. The summed E-state index contributed by atoms with van der Waals surface area (Å²) in [6, 6.07) is 5.72. The molecule has 0 spiro atoms. The van der Waals surface area contributed by atoms with E-state index in [2.05, 4.69) is 20.0 Å². The smallest absolute Gasteiger partial charge is 0.417 e. The Morgan fingerprint density at radius 1 is 1.08 bits per heavy atom. The highest BCUT2D eigenvalue weighted by Crippen LogP contribution is 2.46. The number of nitrogens with zero attached hydrogens (tertiary/aromatic N) is 4. The molecule has 37 heavy (non-hydrogen) atoms. The Balaban J connectivity index is 1.20. The summed E-state index contributed by atoms with van der Waals surface area (Å²) in [6.07, 6.45) is 3.22. The Hall–Kier alpha value is -3.47. The van der Waals surface area contributed by atoms with Crippen LogP contribution in [0.4, 0.5) is 19.1 Å². The molecular formula is C26H25F3N4O4. The highest BCUT2D eigenvalue weighted by Gasteiger charge is 2.43. The van der Waals surface area contributed by atoms with Crippen LogP contribution >= 0.6 is 0 Å². The number of benzene rings is 1. The molecule has 1 N–H and O–H groups in total. The van der Waals surface area contributed by atoms with Crippen LogP contribution in [-0.2, 0) is 17.5 Å². The maximum atomic E-state index is 13.7. The molecule has 2 saturated heterocycles. The van der Waals surface area contributed by atoms with E-state index >= 15 is 0 Å². The van der Waals surface area contributed by atoms with Crippen molar-refractivity contribution in [1.82, 2.24) is 15.1 Å². The van der Waals surface area contributed by atoms with Crippen LogP contribution in [0.15, 0.2) is 41.2 Å². The minimum atomic E-state index is -4.51. The van der Waals surface area contributed by atoms with Crippen molar-refractivity contribution in [2.45, 2.75) is 75.4 Å². The van der Waals surface area contributed by atoms with Crippen LogP contribution in [0, 0.1) is 0 Å². The predicted molar refractivity (Wildman–Crippen MR) is 125 cm³/mol. The summed E-state index contributed by atoms with van der Waals surface area (Å²) in [5.41, 5.74) is 0.0920. The normalized spacial score (nSPS) is 23.4. The molecule has 194 valence electrons. The fourth-order valence-electron chi connectivity index (χ4n) is 5.63. The topological polar surface area (TPSA) is 102 Å². The van der Waals surface area contributed by atoms with E-state index in [0.717, 1.165) is 44.6 Å². The minimum absolute atomic E-state index is 0.00101. The Morgan fingerprint density at radius 2 is 1.76 bits per heavy atom. The third-order valence-corrected chi connectivity index (χ3v) is 7.52. The van der Waals surface area contributed by atoms with Crippen molar-refractivity contribution in [3.8, 4) is 11.3 Å². The van der Waals surface area contributed by atoms with Crippen LogP contribution in [0.1, 0.15) is 71.7 Å². The van der Waals surface area contributed by atoms with Crippen molar-refractivity contribution >= 4 is 11.9 Å². The maximum Gasteiger partial charge on any atom is 0.417 e. The molecule has 3 aromatic rings. The van der Waals surface area contributed by atoms with Gasteiger partial charge in [-0.05, 0) is 44.6 Å². The highest BCUT2D eigenvalue weighted by molar-refractivity contribution is 5.86. The second-order valence-electron chi connectivity index (χ2n) is 9.97. The predicted octanol–water partition coefficient (Wildman–Crippen LogP) is 5.44. The zero-order valence-electron chi connectivity index (χ0n) is 19.8. The van der Waals surface area contributed by atoms with Gasteiger partial charge in [0, 0.05) is 41.5 Å². The lowest BCUT2D eigenvalue weighted by Gasteiger charge is -2.38. The van der Waals surface area contributed by atoms with E-state index in [9.17, 15) is 18.0 Å². The van der Waals surface area contributed by atoms with Crippen LogP contribution in [0.3, 0.4) is 0 Å². The summed E-state index contributed by atoms with van der Waals surface area (Å²) in [7, 11) is 0. The first-order valence-electron chi connectivity index (χ1n) is 12.4. The lowest BCUT2D eigenvalue weighted by Crippen LogP contribution is -2.46. The summed E-state index contributed by atoms with van der Waals surface area (Å²) in [6.45, 7) is 0.130. The molecule has 1 aliphatic carbocycles. The number of aromatic nitrogens is 3. The van der Waals surface area contributed by atoms with Gasteiger partial charge in [-0.1, -0.05) is 23.4 Å². The molecular weight excluding hydrogens is 489 g/mol. The number of halogens is 3. The number of piperidine rings is 1. The number of ether oxygens (including phenoxy) is 1. The molecule has 1 aromatic carbocycles. The maximum absolute atomic E-state index is 13.7. The van der Waals surface area contributed by atoms with Crippen LogP contribution in [0.5, 0.6) is 0 Å². The average molecular weight is 515 g/mol. The quantitative estimate of drug-likeness (QED) is 0.445. The van der Waals surface area contributed by atoms with Crippen molar-refractivity contribution in [2.75, 3.05) is 4.90 Å². The molecule has 2 atom stereocenters. The summed E-state index contributed by atoms with van der Waals surface area (Å²) in [5, 5.41) is 13.2. The lowest BCUT2D eigenvalue weighted by molar-refractivity contribution is -0.137. The Bertz CT molecular complexity index is 1290. The number of alkyl halides is 3. The van der Waals surface area contributed by atoms with Crippen molar-refractivity contribution < 1.29 is 32.3 Å². The first-order valence-corrected chi connectivity index (χ1v) is 12.4. The van der Waals surface area contributed by atoms with Gasteiger partial charge in [0.15, 0.2) is 0 Å². The number of aromatic carboxylic acids is 1. The van der Waals surface area contributed by atoms with Gasteiger partial charge in [-0.25, -0.2) is 14.8 Å². The van der Waals surface area contributed by atoms with E-state index in [1.54, 1.807) is 6.07 Å². The Morgan fingerprint density at radius 3 is 2.38 bits per heavy atom. The number of hydrogen-bond acceptors (Lipinski definition) is 7. The van der Waals surface area contributed by atoms with Gasteiger partial charge < -0.3 is 19.3 Å². The second kappa shape index (κ2) is 9.13. The van der Waals surface area contributed by atoms with Gasteiger partial charge in [0.2, 0.25) is 5.95 Å². The standard InChI is InChI=1S/C26H25F3N4O4/c27-26(28,29)21-4-2-1-3-19(21)22-20(23(37-32-22)14-5-6-14)13-36-18-9-16-7-8-17(10-18)33(16)25-30-11-15(12-31-25)24(34)35/h1-4,11-12,14,16-18H,5-10,13H2,(H,34,35). The molecule has 11 heteroatoms. The third-order valence-electron chi connectivity index (χ3n) is 7.52. The van der Waals surface area contributed by atoms with Crippen LogP contribution in [0.2, 0.25) is 0 Å². The van der Waals surface area contributed by atoms with Crippen molar-refractivity contribution in [3.63, 3.8) is 0 Å². The summed E-state index contributed by atoms with van der Waals surface area (Å²) in [5.74, 6) is 0.233. The molecule has 2 unspecified atom stereocenters. The van der Waals surface area contributed by atoms with Gasteiger partial charge in [-0.3, -0.25) is 0 Å². The summed E-state index contributed by atoms with van der Waals surface area (Å²) in [4.78, 5) is 21.8. The Kier molecular flexibility index (Phi) is 5.89. The average Bonchev–Trinajstić information content (AvgIpc) is 3.58. The Labute approximate surface area is 210 Å². The minimum Gasteiger partial charge on any atom is -0.478 e. The molecule has 8 nitrogen and oxygen atoms in total. The molecule has 2 aromatic heterocycles. The van der Waals surface area contributed by atoms with Crippen molar-refractivity contribution in [3.05, 3.63) is 59.1 Å². The van der Waals surface area contributed by atoms with Gasteiger partial charge in [-0.15, -0.1) is 0 Å². The first kappa shape index (κ1) is 23.9. The van der Waals surface area contributed by atoms with Crippen molar-refractivity contribution in [1.29, 1.82) is 0 Å². The fourth-order valence-corrected chi connectivity index (χ4v) is 5.63. The number of carboxylic acids is 1. The van der Waals surface area contributed by atoms with Gasteiger partial charge in [0.05, 0.1) is 23.8 Å². The zero-order chi connectivity index (χ0) is 25.7. The van der Waals surface area contributed by atoms with E-state index in [-0.39, 0.29) is 47.5 Å². The van der Waals surface area contributed by atoms with E-state index in [1.807, 2.05) is 0 Å². The molecule has 3 fully saturated rings. The molecule has 4 heterocycles. The number of rotatable bonds is 7. The van der Waals surface area contributed by atoms with Gasteiger partial charge in [-0.2, -0.15) is 13.2 Å². The highest BCUT2D eigenvalue weighted by atomic mass is 19.4. The SMILES string of the molecule is O=C(O)c1cnc(N2C3CCC2CC(OCc2c(-c4ccccc4C(F)(F)F)noc2C2CC2)C3)nc1. The fraction of sp³-hybridized carbons (Fsp3) is 0.462. The molecule has 0 amide bonds. The monoisotopic (exact) mass is 514 g/mol. The van der Waals surface area contributed by atoms with Crippen molar-refractivity contribution in [2.24, 2.45) is 0 Å². The molecule has 3 aliphatic rings. The number of fused-ring (bicyclic) bond motifs is 2. The zero-order valence-corrected chi connectivity index (χ0v) is 19.8. The molecule has 6 rings (SSSR count). The number of carboxylic acid groups (broad SMARTS) is 1.